The second kappa shape index (κ2) is 6.84. The summed E-state index contributed by atoms with van der Waals surface area (Å²) in [6.45, 7) is 4.84. The van der Waals surface area contributed by atoms with Gasteiger partial charge in [0, 0.05) is 24.7 Å². The van der Waals surface area contributed by atoms with E-state index in [0.29, 0.717) is 30.2 Å². The molecule has 4 heteroatoms. The van der Waals surface area contributed by atoms with Gasteiger partial charge in [0.25, 0.3) is 0 Å². The first-order valence-electron chi connectivity index (χ1n) is 5.34. The molecule has 0 aromatic heterocycles. The van der Waals surface area contributed by atoms with E-state index in [1.165, 1.54) is 6.07 Å². The first-order valence-corrected chi connectivity index (χ1v) is 5.72. The Morgan fingerprint density at radius 2 is 1.88 bits per heavy atom. The normalized spacial score (nSPS) is 11.1. The lowest BCUT2D eigenvalue weighted by Gasteiger charge is -2.17. The molecule has 16 heavy (non-hydrogen) atoms. The molecule has 0 saturated heterocycles. The van der Waals surface area contributed by atoms with Crippen LogP contribution in [-0.4, -0.2) is 19.5 Å². The van der Waals surface area contributed by atoms with Crippen LogP contribution in [0.15, 0.2) is 18.2 Å². The Balaban J connectivity index is 2.68. The predicted octanol–water partition coefficient (Wildman–Crippen LogP) is 3.42. The van der Waals surface area contributed by atoms with Crippen molar-refractivity contribution < 1.29 is 13.9 Å². The molecular weight excluding hydrogens is 231 g/mol. The highest BCUT2D eigenvalue weighted by molar-refractivity contribution is 6.30. The molecule has 0 spiro atoms. The van der Waals surface area contributed by atoms with Gasteiger partial charge in [-0.15, -0.1) is 0 Å². The van der Waals surface area contributed by atoms with E-state index >= 15 is 0 Å². The number of hydrogen-bond donors (Lipinski definition) is 0. The van der Waals surface area contributed by atoms with Crippen LogP contribution in [0, 0.1) is 5.82 Å². The Bertz CT molecular complexity index is 325. The molecule has 1 aromatic carbocycles. The average molecular weight is 247 g/mol. The minimum atomic E-state index is -0.398. The highest BCUT2D eigenvalue weighted by Crippen LogP contribution is 2.17. The van der Waals surface area contributed by atoms with Crippen LogP contribution >= 0.6 is 11.6 Å². The van der Waals surface area contributed by atoms with Crippen LogP contribution in [0.5, 0.6) is 0 Å². The van der Waals surface area contributed by atoms with Gasteiger partial charge in [-0.2, -0.15) is 0 Å². The lowest BCUT2D eigenvalue weighted by atomic mass is 10.1. The van der Waals surface area contributed by atoms with Crippen molar-refractivity contribution in [3.05, 3.63) is 34.6 Å². The van der Waals surface area contributed by atoms with Gasteiger partial charge in [-0.3, -0.25) is 0 Å². The molecule has 0 bridgehead atoms. The zero-order valence-corrected chi connectivity index (χ0v) is 10.3. The Kier molecular flexibility index (Phi) is 5.74. The second-order valence-electron chi connectivity index (χ2n) is 3.28. The van der Waals surface area contributed by atoms with E-state index in [2.05, 4.69) is 0 Å². The fourth-order valence-electron chi connectivity index (χ4n) is 1.40. The molecule has 0 unspecified atom stereocenters. The van der Waals surface area contributed by atoms with Gasteiger partial charge in [0.05, 0.1) is 0 Å². The third kappa shape index (κ3) is 4.08. The maximum absolute atomic E-state index is 13.5. The number of ether oxygens (including phenoxy) is 2. The molecule has 0 heterocycles. The van der Waals surface area contributed by atoms with Gasteiger partial charge >= 0.3 is 0 Å². The summed E-state index contributed by atoms with van der Waals surface area (Å²) in [5.74, 6) is -0.322. The zero-order valence-electron chi connectivity index (χ0n) is 9.50. The molecule has 1 aromatic rings. The molecule has 0 aliphatic heterocycles. The van der Waals surface area contributed by atoms with Crippen LogP contribution in [0.25, 0.3) is 0 Å². The van der Waals surface area contributed by atoms with E-state index in [9.17, 15) is 4.39 Å². The number of hydrogen-bond acceptors (Lipinski definition) is 2. The largest absolute Gasteiger partial charge is 0.353 e. The Morgan fingerprint density at radius 1 is 1.25 bits per heavy atom. The molecule has 0 amide bonds. The minimum absolute atomic E-state index is 0.322. The molecule has 1 rings (SSSR count). The van der Waals surface area contributed by atoms with E-state index in [0.717, 1.165) is 0 Å². The molecule has 2 nitrogen and oxygen atoms in total. The topological polar surface area (TPSA) is 18.5 Å². The summed E-state index contributed by atoms with van der Waals surface area (Å²) in [5.41, 5.74) is 0.552. The summed E-state index contributed by atoms with van der Waals surface area (Å²) in [4.78, 5) is 0. The standard InChI is InChI=1S/C12H16ClFO2/c1-3-15-12(16-4-2)7-9-5-6-10(13)8-11(9)14/h5-6,8,12H,3-4,7H2,1-2H3. The van der Waals surface area contributed by atoms with Crippen LogP contribution in [0.1, 0.15) is 19.4 Å². The van der Waals surface area contributed by atoms with Crippen molar-refractivity contribution in [3.8, 4) is 0 Å². The van der Waals surface area contributed by atoms with Crippen LogP contribution in [0.3, 0.4) is 0 Å². The smallest absolute Gasteiger partial charge is 0.161 e. The molecule has 0 radical (unpaired) electrons. The summed E-state index contributed by atoms with van der Waals surface area (Å²) in [5, 5.41) is 0.394. The van der Waals surface area contributed by atoms with Crippen LogP contribution in [0.2, 0.25) is 5.02 Å². The van der Waals surface area contributed by atoms with E-state index in [1.807, 2.05) is 13.8 Å². The number of benzene rings is 1. The lowest BCUT2D eigenvalue weighted by molar-refractivity contribution is -0.134. The highest BCUT2D eigenvalue weighted by atomic mass is 35.5. The van der Waals surface area contributed by atoms with E-state index in [4.69, 9.17) is 21.1 Å². The number of rotatable bonds is 6. The van der Waals surface area contributed by atoms with Crippen LogP contribution in [0.4, 0.5) is 4.39 Å². The summed E-state index contributed by atoms with van der Waals surface area (Å²) in [7, 11) is 0. The lowest BCUT2D eigenvalue weighted by Crippen LogP contribution is -2.20. The molecular formula is C12H16ClFO2. The molecule has 90 valence electrons. The van der Waals surface area contributed by atoms with Crippen molar-refractivity contribution in [1.82, 2.24) is 0 Å². The molecule has 0 fully saturated rings. The van der Waals surface area contributed by atoms with Crippen molar-refractivity contribution in [3.63, 3.8) is 0 Å². The van der Waals surface area contributed by atoms with Crippen molar-refractivity contribution in [2.24, 2.45) is 0 Å². The van der Waals surface area contributed by atoms with Gasteiger partial charge in [0.1, 0.15) is 5.82 Å². The predicted molar refractivity (Wildman–Crippen MR) is 62.2 cm³/mol. The zero-order chi connectivity index (χ0) is 12.0. The summed E-state index contributed by atoms with van der Waals surface area (Å²) in [6, 6.07) is 4.61. The van der Waals surface area contributed by atoms with Crippen molar-refractivity contribution in [2.75, 3.05) is 13.2 Å². The van der Waals surface area contributed by atoms with E-state index in [1.54, 1.807) is 12.1 Å². The first-order chi connectivity index (χ1) is 7.67. The molecule has 0 aliphatic rings. The minimum Gasteiger partial charge on any atom is -0.353 e. The molecule has 0 N–H and O–H groups in total. The van der Waals surface area contributed by atoms with Crippen molar-refractivity contribution >= 4 is 11.6 Å². The second-order valence-corrected chi connectivity index (χ2v) is 3.72. The van der Waals surface area contributed by atoms with Gasteiger partial charge in [0.15, 0.2) is 6.29 Å². The average Bonchev–Trinajstić information content (AvgIpc) is 2.23. The Morgan fingerprint density at radius 3 is 2.38 bits per heavy atom. The molecule has 0 aliphatic carbocycles. The fraction of sp³-hybridized carbons (Fsp3) is 0.500. The molecule has 0 atom stereocenters. The van der Waals surface area contributed by atoms with E-state index < -0.39 is 6.29 Å². The third-order valence-electron chi connectivity index (χ3n) is 2.11. The maximum Gasteiger partial charge on any atom is 0.161 e. The van der Waals surface area contributed by atoms with Gasteiger partial charge in [-0.1, -0.05) is 17.7 Å². The maximum atomic E-state index is 13.5. The quantitative estimate of drug-likeness (QED) is 0.716. The van der Waals surface area contributed by atoms with Gasteiger partial charge in [0.2, 0.25) is 0 Å². The van der Waals surface area contributed by atoms with Gasteiger partial charge < -0.3 is 9.47 Å². The van der Waals surface area contributed by atoms with Gasteiger partial charge in [-0.25, -0.2) is 4.39 Å². The summed E-state index contributed by atoms with van der Waals surface area (Å²) in [6.07, 6.45) is -0.00399. The van der Waals surface area contributed by atoms with Crippen molar-refractivity contribution in [2.45, 2.75) is 26.6 Å². The fourth-order valence-corrected chi connectivity index (χ4v) is 1.56. The summed E-state index contributed by atoms with van der Waals surface area (Å²) < 4.78 is 24.2. The molecule has 0 saturated carbocycles. The SMILES string of the molecule is CCOC(Cc1ccc(Cl)cc1F)OCC. The van der Waals surface area contributed by atoms with Crippen LogP contribution in [-0.2, 0) is 15.9 Å². The summed E-state index contributed by atoms with van der Waals surface area (Å²) >= 11 is 5.67. The highest BCUT2D eigenvalue weighted by Gasteiger charge is 2.12. The van der Waals surface area contributed by atoms with Gasteiger partial charge in [-0.05, 0) is 31.5 Å². The van der Waals surface area contributed by atoms with E-state index in [-0.39, 0.29) is 5.82 Å². The Hall–Kier alpha value is -0.640. The monoisotopic (exact) mass is 246 g/mol. The first kappa shape index (κ1) is 13.4. The third-order valence-corrected chi connectivity index (χ3v) is 2.34. The number of halogens is 2. The van der Waals surface area contributed by atoms with Crippen LogP contribution < -0.4 is 0 Å². The Labute approximate surface area is 100 Å². The van der Waals surface area contributed by atoms with Crippen molar-refractivity contribution in [1.29, 1.82) is 0 Å².